The van der Waals surface area contributed by atoms with Gasteiger partial charge >= 0.3 is 0 Å². The number of ketones is 1. The van der Waals surface area contributed by atoms with Gasteiger partial charge in [0.2, 0.25) is 0 Å². The van der Waals surface area contributed by atoms with Crippen molar-refractivity contribution >= 4 is 5.78 Å². The first-order valence-corrected chi connectivity index (χ1v) is 7.97. The summed E-state index contributed by atoms with van der Waals surface area (Å²) in [5, 5.41) is 0. The highest BCUT2D eigenvalue weighted by atomic mass is 16.1. The van der Waals surface area contributed by atoms with Gasteiger partial charge in [0.05, 0.1) is 0 Å². The Balaban J connectivity index is 1.58. The predicted molar refractivity (Wildman–Crippen MR) is 73.4 cm³/mol. The van der Waals surface area contributed by atoms with E-state index in [2.05, 4.69) is 4.90 Å². The van der Waals surface area contributed by atoms with E-state index in [0.717, 1.165) is 24.7 Å². The van der Waals surface area contributed by atoms with Crippen molar-refractivity contribution in [1.82, 2.24) is 4.90 Å². The molecule has 0 aromatic carbocycles. The molecule has 3 aliphatic rings. The molecule has 3 rings (SSSR count). The first-order chi connectivity index (χ1) is 8.72. The van der Waals surface area contributed by atoms with Crippen LogP contribution in [0.3, 0.4) is 0 Å². The number of carbonyl (C=O) groups excluding carboxylic acids is 1. The Labute approximate surface area is 111 Å². The van der Waals surface area contributed by atoms with E-state index in [1.807, 2.05) is 0 Å². The number of Topliss-reactive ketones (excluding diaryl/α,β-unsaturated/α-hetero) is 1. The lowest BCUT2D eigenvalue weighted by atomic mass is 9.82. The van der Waals surface area contributed by atoms with Gasteiger partial charge in [-0.2, -0.15) is 0 Å². The van der Waals surface area contributed by atoms with Gasteiger partial charge in [-0.3, -0.25) is 9.69 Å². The van der Waals surface area contributed by atoms with Crippen molar-refractivity contribution in [1.29, 1.82) is 0 Å². The number of hydrogen-bond donors (Lipinski definition) is 0. The summed E-state index contributed by atoms with van der Waals surface area (Å²) < 4.78 is 0. The molecule has 2 heteroatoms. The molecular formula is C16H27NO. The highest BCUT2D eigenvalue weighted by molar-refractivity contribution is 5.78. The molecule has 0 saturated heterocycles. The van der Waals surface area contributed by atoms with E-state index in [0.29, 0.717) is 17.7 Å². The molecule has 2 atom stereocenters. The molecule has 0 aliphatic heterocycles. The van der Waals surface area contributed by atoms with Crippen molar-refractivity contribution in [2.45, 2.75) is 64.3 Å². The first kappa shape index (κ1) is 12.7. The van der Waals surface area contributed by atoms with Gasteiger partial charge in [0.1, 0.15) is 5.78 Å². The normalized spacial score (nSPS) is 32.8. The zero-order valence-corrected chi connectivity index (χ0v) is 11.7. The van der Waals surface area contributed by atoms with Crippen LogP contribution < -0.4 is 0 Å². The molecule has 18 heavy (non-hydrogen) atoms. The van der Waals surface area contributed by atoms with E-state index in [1.165, 1.54) is 51.6 Å². The van der Waals surface area contributed by atoms with E-state index in [9.17, 15) is 4.79 Å². The maximum absolute atomic E-state index is 11.6. The molecule has 1 unspecified atom stereocenters. The quantitative estimate of drug-likeness (QED) is 0.720. The maximum Gasteiger partial charge on any atom is 0.132 e. The number of carbonyl (C=O) groups is 1. The lowest BCUT2D eigenvalue weighted by Crippen LogP contribution is -2.42. The number of rotatable bonds is 6. The van der Waals surface area contributed by atoms with Crippen molar-refractivity contribution in [2.75, 3.05) is 13.1 Å². The molecule has 2 nitrogen and oxygen atoms in total. The molecular weight excluding hydrogens is 222 g/mol. The van der Waals surface area contributed by atoms with Gasteiger partial charge in [-0.15, -0.1) is 0 Å². The third kappa shape index (κ3) is 3.34. The van der Waals surface area contributed by atoms with Crippen molar-refractivity contribution in [3.63, 3.8) is 0 Å². The average molecular weight is 249 g/mol. The van der Waals surface area contributed by atoms with Crippen LogP contribution >= 0.6 is 0 Å². The topological polar surface area (TPSA) is 20.3 Å². The molecule has 0 aromatic heterocycles. The number of hydrogen-bond acceptors (Lipinski definition) is 2. The predicted octanol–water partition coefficient (Wildman–Crippen LogP) is 3.26. The summed E-state index contributed by atoms with van der Waals surface area (Å²) in [6.07, 6.45) is 10.7. The summed E-state index contributed by atoms with van der Waals surface area (Å²) in [5.74, 6) is 2.77. The van der Waals surface area contributed by atoms with Crippen LogP contribution in [0.25, 0.3) is 0 Å². The molecule has 3 fully saturated rings. The summed E-state index contributed by atoms with van der Waals surface area (Å²) in [6.45, 7) is 4.44. The van der Waals surface area contributed by atoms with E-state index < -0.39 is 0 Å². The molecule has 0 heterocycles. The minimum Gasteiger partial charge on any atom is -0.300 e. The molecule has 0 bridgehead atoms. The van der Waals surface area contributed by atoms with E-state index in [4.69, 9.17) is 0 Å². The third-order valence-electron chi connectivity index (χ3n) is 5.12. The fourth-order valence-electron chi connectivity index (χ4n) is 3.50. The van der Waals surface area contributed by atoms with Gasteiger partial charge in [-0.25, -0.2) is 0 Å². The van der Waals surface area contributed by atoms with E-state index >= 15 is 0 Å². The van der Waals surface area contributed by atoms with E-state index in [-0.39, 0.29) is 0 Å². The third-order valence-corrected chi connectivity index (χ3v) is 5.12. The lowest BCUT2D eigenvalue weighted by molar-refractivity contribution is -0.122. The molecule has 0 aromatic rings. The standard InChI is InChI=1S/C16H27NO/c1-12(18)15-3-2-4-16(9-15)17(10-13-5-6-13)11-14-7-8-14/h13-16H,2-11H2,1H3/t15?,16-/m1/s1. The van der Waals surface area contributed by atoms with Crippen LogP contribution in [-0.2, 0) is 4.79 Å². The van der Waals surface area contributed by atoms with Crippen LogP contribution in [0.2, 0.25) is 0 Å². The lowest BCUT2D eigenvalue weighted by Gasteiger charge is -2.37. The minimum absolute atomic E-state index is 0.365. The van der Waals surface area contributed by atoms with Crippen molar-refractivity contribution in [3.05, 3.63) is 0 Å². The molecule has 0 spiro atoms. The number of nitrogens with zero attached hydrogens (tertiary/aromatic N) is 1. The van der Waals surface area contributed by atoms with Crippen LogP contribution in [0.15, 0.2) is 0 Å². The summed E-state index contributed by atoms with van der Waals surface area (Å²) >= 11 is 0. The van der Waals surface area contributed by atoms with Crippen LogP contribution in [-0.4, -0.2) is 29.8 Å². The van der Waals surface area contributed by atoms with Crippen LogP contribution in [0.4, 0.5) is 0 Å². The highest BCUT2D eigenvalue weighted by Gasteiger charge is 2.35. The minimum atomic E-state index is 0.365. The van der Waals surface area contributed by atoms with Gasteiger partial charge in [-0.1, -0.05) is 6.42 Å². The van der Waals surface area contributed by atoms with Crippen LogP contribution in [0.5, 0.6) is 0 Å². The molecule has 0 radical (unpaired) electrons. The monoisotopic (exact) mass is 249 g/mol. The Morgan fingerprint density at radius 2 is 1.61 bits per heavy atom. The van der Waals surface area contributed by atoms with Gasteiger partial charge in [0.25, 0.3) is 0 Å². The van der Waals surface area contributed by atoms with Crippen LogP contribution in [0.1, 0.15) is 58.3 Å². The Kier molecular flexibility index (Phi) is 3.74. The zero-order chi connectivity index (χ0) is 12.5. The molecule has 3 saturated carbocycles. The summed E-state index contributed by atoms with van der Waals surface area (Å²) in [6, 6.07) is 0.717. The van der Waals surface area contributed by atoms with Crippen LogP contribution in [0, 0.1) is 17.8 Å². The van der Waals surface area contributed by atoms with Crippen molar-refractivity contribution < 1.29 is 4.79 Å². The van der Waals surface area contributed by atoms with E-state index in [1.54, 1.807) is 6.92 Å². The Morgan fingerprint density at radius 1 is 1.00 bits per heavy atom. The van der Waals surface area contributed by atoms with Crippen molar-refractivity contribution in [2.24, 2.45) is 17.8 Å². The van der Waals surface area contributed by atoms with Gasteiger partial charge in [0, 0.05) is 25.0 Å². The van der Waals surface area contributed by atoms with Gasteiger partial charge < -0.3 is 0 Å². The second-order valence-corrected chi connectivity index (χ2v) is 6.97. The first-order valence-electron chi connectivity index (χ1n) is 7.97. The summed E-state index contributed by atoms with van der Waals surface area (Å²) in [5.41, 5.74) is 0. The fourth-order valence-corrected chi connectivity index (χ4v) is 3.50. The largest absolute Gasteiger partial charge is 0.300 e. The highest BCUT2D eigenvalue weighted by Crippen LogP contribution is 2.37. The average Bonchev–Trinajstić information content (AvgIpc) is 3.23. The Bertz CT molecular complexity index is 292. The second-order valence-electron chi connectivity index (χ2n) is 6.97. The molecule has 102 valence electrons. The van der Waals surface area contributed by atoms with Crippen molar-refractivity contribution in [3.8, 4) is 0 Å². The fraction of sp³-hybridized carbons (Fsp3) is 0.938. The summed E-state index contributed by atoms with van der Waals surface area (Å²) in [7, 11) is 0. The smallest absolute Gasteiger partial charge is 0.132 e. The second kappa shape index (κ2) is 5.32. The zero-order valence-electron chi connectivity index (χ0n) is 11.7. The van der Waals surface area contributed by atoms with Gasteiger partial charge in [0.15, 0.2) is 0 Å². The molecule has 0 amide bonds. The van der Waals surface area contributed by atoms with Gasteiger partial charge in [-0.05, 0) is 63.7 Å². The maximum atomic E-state index is 11.6. The molecule has 0 N–H and O–H groups in total. The molecule has 3 aliphatic carbocycles. The Hall–Kier alpha value is -0.370. The summed E-state index contributed by atoms with van der Waals surface area (Å²) in [4.78, 5) is 14.4. The SMILES string of the molecule is CC(=O)C1CCC[C@@H](N(CC2CC2)CC2CC2)C1. The Morgan fingerprint density at radius 3 is 2.11 bits per heavy atom.